The monoisotopic (exact) mass is 618 g/mol. The molecule has 0 bridgehead atoms. The van der Waals surface area contributed by atoms with Crippen molar-refractivity contribution in [3.63, 3.8) is 0 Å². The number of alkyl halides is 6. The maximum Gasteiger partial charge on any atom is 0.416 e. The molecule has 0 saturated heterocycles. The van der Waals surface area contributed by atoms with Crippen LogP contribution in [0, 0.1) is 22.9 Å². The van der Waals surface area contributed by atoms with Crippen molar-refractivity contribution in [3.8, 4) is 34.6 Å². The second kappa shape index (κ2) is 10.3. The Hall–Kier alpha value is -6.00. The van der Waals surface area contributed by atoms with Crippen LogP contribution in [0.4, 0.5) is 26.3 Å². The van der Waals surface area contributed by atoms with Crippen LogP contribution in [-0.4, -0.2) is 0 Å². The second-order valence-corrected chi connectivity index (χ2v) is 10.7. The van der Waals surface area contributed by atoms with Gasteiger partial charge in [0.2, 0.25) is 12.4 Å². The molecule has 0 aromatic heterocycles. The number of rotatable bonds is 2. The third-order valence-corrected chi connectivity index (χ3v) is 8.21. The van der Waals surface area contributed by atoms with E-state index in [4.69, 9.17) is 0 Å². The van der Waals surface area contributed by atoms with E-state index in [-0.39, 0.29) is 0 Å². The van der Waals surface area contributed by atoms with Gasteiger partial charge in [0, 0.05) is 21.5 Å². The lowest BCUT2D eigenvalue weighted by atomic mass is 10.0. The summed E-state index contributed by atoms with van der Waals surface area (Å²) in [6, 6.07) is 24.2. The molecule has 0 spiro atoms. The van der Waals surface area contributed by atoms with Crippen LogP contribution in [0.25, 0.3) is 65.3 Å². The van der Waals surface area contributed by atoms with E-state index in [2.05, 4.69) is 9.98 Å². The molecule has 0 atom stereocenters. The van der Waals surface area contributed by atoms with E-state index < -0.39 is 23.5 Å². The zero-order valence-electron chi connectivity index (χ0n) is 23.3. The van der Waals surface area contributed by atoms with Crippen molar-refractivity contribution in [2.45, 2.75) is 12.4 Å². The number of benzene rings is 5. The Kier molecular flexibility index (Phi) is 6.43. The minimum Gasteiger partial charge on any atom is -0.172 e. The molecule has 46 heavy (non-hydrogen) atoms. The Morgan fingerprint density at radius 2 is 0.717 bits per heavy atom. The normalized spacial score (nSPS) is 13.2. The zero-order chi connectivity index (χ0) is 32.4. The summed E-state index contributed by atoms with van der Waals surface area (Å²) in [5.41, 5.74) is 0.900. The molecule has 0 saturated carbocycles. The van der Waals surface area contributed by atoms with E-state index >= 15 is 0 Å². The van der Waals surface area contributed by atoms with Crippen molar-refractivity contribution in [2.24, 2.45) is 9.98 Å². The van der Waals surface area contributed by atoms with Gasteiger partial charge < -0.3 is 0 Å². The second-order valence-electron chi connectivity index (χ2n) is 10.7. The molecule has 222 valence electrons. The van der Waals surface area contributed by atoms with Crippen molar-refractivity contribution in [2.75, 3.05) is 0 Å². The molecule has 0 aliphatic rings. The van der Waals surface area contributed by atoms with Crippen LogP contribution in [0.1, 0.15) is 11.1 Å². The standard InChI is InChI=1S/C36H16F6N4/c37-35(38,39)23-7-1-19(2-8-23)21-5-11-25-27-15-28-26-12-6-22(20-3-9-24(10-4-20)36(40,41)42)14-30(26)34(46-18-44)32(28)16-31(27)33(45-17-43)29(25)13-21/h1-16H. The topological polar surface area (TPSA) is 72.3 Å². The number of halogens is 6. The van der Waals surface area contributed by atoms with E-state index in [0.29, 0.717) is 54.5 Å². The van der Waals surface area contributed by atoms with Crippen molar-refractivity contribution in [3.05, 3.63) is 119 Å². The average Bonchev–Trinajstić information content (AvgIpc) is 3.50. The van der Waals surface area contributed by atoms with Gasteiger partial charge in [-0.2, -0.15) is 46.9 Å². The first kappa shape index (κ1) is 28.8. The van der Waals surface area contributed by atoms with Gasteiger partial charge in [-0.3, -0.25) is 0 Å². The van der Waals surface area contributed by atoms with Crippen molar-refractivity contribution in [1.29, 1.82) is 10.5 Å². The van der Waals surface area contributed by atoms with Crippen LogP contribution in [0.15, 0.2) is 107 Å². The molecule has 0 N–H and O–H groups in total. The highest BCUT2D eigenvalue weighted by Crippen LogP contribution is 2.37. The summed E-state index contributed by atoms with van der Waals surface area (Å²) < 4.78 is 78.6. The van der Waals surface area contributed by atoms with Crippen LogP contribution in [-0.2, 0) is 12.4 Å². The predicted molar refractivity (Wildman–Crippen MR) is 162 cm³/mol. The molecule has 0 amide bonds. The maximum atomic E-state index is 13.1. The van der Waals surface area contributed by atoms with Gasteiger partial charge in [0.15, 0.2) is 0 Å². The summed E-state index contributed by atoms with van der Waals surface area (Å²) in [6.45, 7) is 0. The Bertz CT molecular complexity index is 2380. The summed E-state index contributed by atoms with van der Waals surface area (Å²) in [5.74, 6) is 0. The molecular formula is C36H16F6N4. The third-order valence-electron chi connectivity index (χ3n) is 8.21. The van der Waals surface area contributed by atoms with Gasteiger partial charge in [-0.1, -0.05) is 48.5 Å². The number of hydrogen-bond donors (Lipinski definition) is 0. The third kappa shape index (κ3) is 4.63. The number of hydrogen-bond acceptors (Lipinski definition) is 4. The van der Waals surface area contributed by atoms with Crippen LogP contribution >= 0.6 is 0 Å². The average molecular weight is 619 g/mol. The Morgan fingerprint density at radius 1 is 0.391 bits per heavy atom. The van der Waals surface area contributed by atoms with E-state index in [1.165, 1.54) is 24.3 Å². The van der Waals surface area contributed by atoms with Gasteiger partial charge in [0.05, 0.1) is 21.8 Å². The first-order valence-corrected chi connectivity index (χ1v) is 13.7. The van der Waals surface area contributed by atoms with Crippen LogP contribution < -0.4 is 10.7 Å². The van der Waals surface area contributed by atoms with Crippen LogP contribution in [0.2, 0.25) is 0 Å². The van der Waals surface area contributed by atoms with Gasteiger partial charge in [-0.25, -0.2) is 0 Å². The minimum atomic E-state index is -4.46. The molecule has 4 nitrogen and oxygen atoms in total. The van der Waals surface area contributed by atoms with Gasteiger partial charge in [0.25, 0.3) is 0 Å². The fourth-order valence-corrected chi connectivity index (χ4v) is 6.08. The molecule has 0 fully saturated rings. The van der Waals surface area contributed by atoms with E-state index in [9.17, 15) is 36.9 Å². The minimum absolute atomic E-state index is 0.377. The molecule has 0 radical (unpaired) electrons. The van der Waals surface area contributed by atoms with Crippen LogP contribution in [0.3, 0.4) is 0 Å². The highest BCUT2D eigenvalue weighted by molar-refractivity contribution is 6.21. The van der Waals surface area contributed by atoms with Gasteiger partial charge in [-0.15, -0.1) is 0 Å². The van der Waals surface area contributed by atoms with Gasteiger partial charge >= 0.3 is 12.4 Å². The zero-order valence-corrected chi connectivity index (χ0v) is 23.3. The summed E-state index contributed by atoms with van der Waals surface area (Å²) in [7, 11) is 0. The molecule has 0 aliphatic heterocycles. The lowest BCUT2D eigenvalue weighted by Crippen LogP contribution is -2.04. The highest BCUT2D eigenvalue weighted by Gasteiger charge is 2.31. The van der Waals surface area contributed by atoms with Crippen molar-refractivity contribution in [1.82, 2.24) is 0 Å². The summed E-state index contributed by atoms with van der Waals surface area (Å²) in [5, 5.41) is 25.5. The number of nitrogens with zero attached hydrogens (tertiary/aromatic N) is 4. The maximum absolute atomic E-state index is 13.1. The molecule has 0 heterocycles. The molecule has 7 rings (SSSR count). The van der Waals surface area contributed by atoms with Crippen molar-refractivity contribution < 1.29 is 26.3 Å². The Balaban J connectivity index is 1.44. The van der Waals surface area contributed by atoms with Gasteiger partial charge in [0.1, 0.15) is 0 Å². The Morgan fingerprint density at radius 3 is 1.07 bits per heavy atom. The molecule has 10 heteroatoms. The smallest absolute Gasteiger partial charge is 0.172 e. The lowest BCUT2D eigenvalue weighted by molar-refractivity contribution is -0.138. The fourth-order valence-electron chi connectivity index (χ4n) is 6.08. The van der Waals surface area contributed by atoms with E-state index in [1.54, 1.807) is 24.3 Å². The first-order valence-electron chi connectivity index (χ1n) is 13.7. The highest BCUT2D eigenvalue weighted by atomic mass is 19.4. The van der Waals surface area contributed by atoms with Crippen molar-refractivity contribution >= 4 is 43.1 Å². The largest absolute Gasteiger partial charge is 0.416 e. The molecular weight excluding hydrogens is 602 g/mol. The molecule has 0 unspecified atom stereocenters. The summed E-state index contributed by atoms with van der Waals surface area (Å²) in [4.78, 5) is 8.20. The van der Waals surface area contributed by atoms with E-state index in [1.807, 2.05) is 36.7 Å². The Labute approximate surface area is 255 Å². The summed E-state index contributed by atoms with van der Waals surface area (Å²) >= 11 is 0. The molecule has 7 aromatic carbocycles. The quantitative estimate of drug-likeness (QED) is 0.143. The number of nitriles is 2. The predicted octanol–water partition coefficient (Wildman–Crippen LogP) is 9.31. The van der Waals surface area contributed by atoms with Gasteiger partial charge in [-0.05, 0) is 92.3 Å². The molecule has 7 aromatic rings. The first-order chi connectivity index (χ1) is 22.0. The SMILES string of the molecule is N#CN=c1c2cc(-c3ccc(C(F)(F)F)cc3)ccc2c2cc3c(cc12)c(=NC#N)c1cc(-c2ccc(C(F)(F)F)cc2)ccc13. The van der Waals surface area contributed by atoms with Crippen LogP contribution in [0.5, 0.6) is 0 Å². The number of fused-ring (bicyclic) bond motifs is 6. The molecule has 0 aliphatic carbocycles. The lowest BCUT2D eigenvalue weighted by Gasteiger charge is -2.08. The summed E-state index contributed by atoms with van der Waals surface area (Å²) in [6.07, 6.45) is -5.22. The van der Waals surface area contributed by atoms with E-state index in [0.717, 1.165) is 45.8 Å². The fraction of sp³-hybridized carbons (Fsp3) is 0.0556.